The Hall–Kier alpha value is -2.80. The fourth-order valence-corrected chi connectivity index (χ4v) is 1.80. The molecule has 1 atom stereocenters. The van der Waals surface area contributed by atoms with Crippen LogP contribution in [0.25, 0.3) is 0 Å². The molecule has 2 aromatic rings. The molecule has 0 aliphatic heterocycles. The van der Waals surface area contributed by atoms with Gasteiger partial charge in [-0.1, -0.05) is 36.4 Å². The summed E-state index contributed by atoms with van der Waals surface area (Å²) in [6.45, 7) is 0. The van der Waals surface area contributed by atoms with Crippen molar-refractivity contribution in [3.05, 3.63) is 70.0 Å². The van der Waals surface area contributed by atoms with Crippen molar-refractivity contribution in [2.24, 2.45) is 5.73 Å². The minimum Gasteiger partial charge on any atom is -0.316 e. The molecule has 3 N–H and O–H groups in total. The Labute approximate surface area is 119 Å². The van der Waals surface area contributed by atoms with Gasteiger partial charge in [-0.05, 0) is 11.6 Å². The van der Waals surface area contributed by atoms with Crippen LogP contribution in [0.5, 0.6) is 0 Å². The second-order valence-electron chi connectivity index (χ2n) is 4.27. The average Bonchev–Trinajstić information content (AvgIpc) is 2.49. The van der Waals surface area contributed by atoms with Gasteiger partial charge in [-0.2, -0.15) is 0 Å². The number of halogens is 1. The number of para-hydroxylation sites is 1. The Morgan fingerprint density at radius 2 is 1.86 bits per heavy atom. The number of hydrogen-bond acceptors (Lipinski definition) is 4. The maximum Gasteiger partial charge on any atom is 0.295 e. The molecule has 0 bridgehead atoms. The van der Waals surface area contributed by atoms with Crippen molar-refractivity contribution in [3.8, 4) is 0 Å². The fraction of sp³-hybridized carbons (Fsp3) is 0.0714. The van der Waals surface area contributed by atoms with Crippen LogP contribution in [0.4, 0.5) is 15.8 Å². The monoisotopic (exact) mass is 289 g/mol. The lowest BCUT2D eigenvalue weighted by atomic mass is 10.1. The highest BCUT2D eigenvalue weighted by Crippen LogP contribution is 2.27. The molecule has 7 heteroatoms. The number of anilines is 1. The van der Waals surface area contributed by atoms with Crippen molar-refractivity contribution in [2.75, 3.05) is 5.32 Å². The highest BCUT2D eigenvalue weighted by atomic mass is 19.1. The highest BCUT2D eigenvalue weighted by Gasteiger charge is 2.23. The Morgan fingerprint density at radius 1 is 1.19 bits per heavy atom. The van der Waals surface area contributed by atoms with Crippen LogP contribution in [0, 0.1) is 15.9 Å². The molecule has 0 aromatic heterocycles. The van der Waals surface area contributed by atoms with Gasteiger partial charge >= 0.3 is 0 Å². The molecule has 6 nitrogen and oxygen atoms in total. The Bertz CT molecular complexity index is 676. The summed E-state index contributed by atoms with van der Waals surface area (Å²) in [4.78, 5) is 22.1. The van der Waals surface area contributed by atoms with Crippen molar-refractivity contribution in [2.45, 2.75) is 6.04 Å². The molecule has 108 valence electrons. The molecule has 0 heterocycles. The number of carbonyl (C=O) groups excluding carboxylic acids is 1. The molecule has 2 aromatic carbocycles. The van der Waals surface area contributed by atoms with Crippen LogP contribution in [-0.4, -0.2) is 10.8 Å². The van der Waals surface area contributed by atoms with Crippen molar-refractivity contribution in [1.82, 2.24) is 0 Å². The van der Waals surface area contributed by atoms with Crippen molar-refractivity contribution in [1.29, 1.82) is 0 Å². The van der Waals surface area contributed by atoms with Gasteiger partial charge < -0.3 is 11.1 Å². The molecule has 0 radical (unpaired) electrons. The minimum atomic E-state index is -1.05. The largest absolute Gasteiger partial charge is 0.316 e. The Morgan fingerprint density at radius 3 is 2.48 bits per heavy atom. The molecule has 0 saturated heterocycles. The third kappa shape index (κ3) is 3.21. The number of rotatable bonds is 4. The number of amides is 1. The minimum absolute atomic E-state index is 0.487. The molecule has 1 amide bonds. The summed E-state index contributed by atoms with van der Waals surface area (Å²) >= 11 is 0. The van der Waals surface area contributed by atoms with Gasteiger partial charge in [-0.3, -0.25) is 14.9 Å². The van der Waals surface area contributed by atoms with Crippen LogP contribution in [0.2, 0.25) is 0 Å². The maximum absolute atomic E-state index is 13.7. The molecule has 0 saturated carbocycles. The van der Waals surface area contributed by atoms with Gasteiger partial charge in [0.1, 0.15) is 6.04 Å². The fourth-order valence-electron chi connectivity index (χ4n) is 1.80. The third-order valence-electron chi connectivity index (χ3n) is 2.88. The third-order valence-corrected chi connectivity index (χ3v) is 2.88. The zero-order valence-corrected chi connectivity index (χ0v) is 10.8. The maximum atomic E-state index is 13.7. The summed E-state index contributed by atoms with van der Waals surface area (Å²) in [5.74, 6) is -1.62. The second-order valence-corrected chi connectivity index (χ2v) is 4.27. The summed E-state index contributed by atoms with van der Waals surface area (Å²) < 4.78 is 13.7. The van der Waals surface area contributed by atoms with E-state index in [9.17, 15) is 19.3 Å². The van der Waals surface area contributed by atoms with Gasteiger partial charge in [-0.25, -0.2) is 4.39 Å². The Kier molecular flexibility index (Phi) is 4.24. The summed E-state index contributed by atoms with van der Waals surface area (Å²) in [6.07, 6.45) is 0. The van der Waals surface area contributed by atoms with Crippen LogP contribution < -0.4 is 11.1 Å². The van der Waals surface area contributed by atoms with Crippen molar-refractivity contribution in [3.63, 3.8) is 0 Å². The van der Waals surface area contributed by atoms with Gasteiger partial charge in [-0.15, -0.1) is 0 Å². The number of nitro groups is 1. The number of benzene rings is 2. The SMILES string of the molecule is N[C@@H](C(=O)Nc1c(F)cccc1[N+](=O)[O-])c1ccccc1. The van der Waals surface area contributed by atoms with E-state index in [4.69, 9.17) is 5.73 Å². The molecule has 0 fully saturated rings. The van der Waals surface area contributed by atoms with Gasteiger partial charge in [0.15, 0.2) is 11.5 Å². The first-order valence-electron chi connectivity index (χ1n) is 6.05. The number of nitrogens with zero attached hydrogens (tertiary/aromatic N) is 1. The van der Waals surface area contributed by atoms with E-state index in [0.717, 1.165) is 12.1 Å². The predicted molar refractivity (Wildman–Crippen MR) is 75.1 cm³/mol. The van der Waals surface area contributed by atoms with Gasteiger partial charge in [0, 0.05) is 6.07 Å². The molecular weight excluding hydrogens is 277 g/mol. The first kappa shape index (κ1) is 14.6. The van der Waals surface area contributed by atoms with E-state index in [-0.39, 0.29) is 0 Å². The van der Waals surface area contributed by atoms with E-state index >= 15 is 0 Å². The standard InChI is InChI=1S/C14H12FN3O3/c15-10-7-4-8-11(18(20)21)13(10)17-14(19)12(16)9-5-2-1-3-6-9/h1-8,12H,16H2,(H,17,19)/t12-/m1/s1. The second kappa shape index (κ2) is 6.10. The van der Waals surface area contributed by atoms with Gasteiger partial charge in [0.2, 0.25) is 5.91 Å². The zero-order chi connectivity index (χ0) is 15.4. The number of nitrogens with two attached hydrogens (primary N) is 1. The molecule has 0 aliphatic carbocycles. The molecular formula is C14H12FN3O3. The van der Waals surface area contributed by atoms with E-state index in [1.165, 1.54) is 6.07 Å². The molecule has 0 unspecified atom stereocenters. The van der Waals surface area contributed by atoms with Crippen LogP contribution in [0.1, 0.15) is 11.6 Å². The molecule has 2 rings (SSSR count). The number of nitro benzene ring substituents is 1. The molecule has 0 spiro atoms. The summed E-state index contributed by atoms with van der Waals surface area (Å²) in [6, 6.07) is 10.7. The highest BCUT2D eigenvalue weighted by molar-refractivity contribution is 5.97. The van der Waals surface area contributed by atoms with Crippen LogP contribution in [-0.2, 0) is 4.79 Å². The van der Waals surface area contributed by atoms with E-state index < -0.39 is 34.1 Å². The molecule has 0 aliphatic rings. The zero-order valence-electron chi connectivity index (χ0n) is 10.8. The molecule has 21 heavy (non-hydrogen) atoms. The van der Waals surface area contributed by atoms with Gasteiger partial charge in [0.25, 0.3) is 5.69 Å². The lowest BCUT2D eigenvalue weighted by Crippen LogP contribution is -2.28. The van der Waals surface area contributed by atoms with Crippen molar-refractivity contribution >= 4 is 17.3 Å². The number of hydrogen-bond donors (Lipinski definition) is 2. The lowest BCUT2D eigenvalue weighted by Gasteiger charge is -2.13. The summed E-state index contributed by atoms with van der Waals surface area (Å²) in [5.41, 5.74) is 5.27. The van der Waals surface area contributed by atoms with Crippen molar-refractivity contribution < 1.29 is 14.1 Å². The van der Waals surface area contributed by atoms with E-state index in [1.807, 2.05) is 0 Å². The first-order valence-corrected chi connectivity index (χ1v) is 6.05. The Balaban J connectivity index is 2.26. The van der Waals surface area contributed by atoms with Crippen LogP contribution in [0.3, 0.4) is 0 Å². The van der Waals surface area contributed by atoms with Gasteiger partial charge in [0.05, 0.1) is 4.92 Å². The smallest absolute Gasteiger partial charge is 0.295 e. The van der Waals surface area contributed by atoms with Crippen LogP contribution >= 0.6 is 0 Å². The average molecular weight is 289 g/mol. The quantitative estimate of drug-likeness (QED) is 0.666. The first-order chi connectivity index (χ1) is 10.0. The number of nitrogens with one attached hydrogen (secondary N) is 1. The summed E-state index contributed by atoms with van der Waals surface area (Å²) in [7, 11) is 0. The van der Waals surface area contributed by atoms with E-state index in [0.29, 0.717) is 5.56 Å². The summed E-state index contributed by atoms with van der Waals surface area (Å²) in [5, 5.41) is 13.0. The lowest BCUT2D eigenvalue weighted by molar-refractivity contribution is -0.384. The van der Waals surface area contributed by atoms with Crippen LogP contribution in [0.15, 0.2) is 48.5 Å². The number of carbonyl (C=O) groups is 1. The topological polar surface area (TPSA) is 98.3 Å². The van der Waals surface area contributed by atoms with E-state index in [2.05, 4.69) is 5.32 Å². The van der Waals surface area contributed by atoms with E-state index in [1.54, 1.807) is 30.3 Å². The predicted octanol–water partition coefficient (Wildman–Crippen LogP) is 2.37. The normalized spacial score (nSPS) is 11.7.